The van der Waals surface area contributed by atoms with Gasteiger partial charge in [0.05, 0.1) is 22.5 Å². The largest absolute Gasteiger partial charge is 0.478 e. The van der Waals surface area contributed by atoms with Gasteiger partial charge in [-0.1, -0.05) is 24.3 Å². The summed E-state index contributed by atoms with van der Waals surface area (Å²) in [7, 11) is 0. The number of carboxylic acid groups (broad SMARTS) is 2. The molecule has 0 aliphatic rings. The van der Waals surface area contributed by atoms with E-state index in [0.717, 1.165) is 24.5 Å². The highest BCUT2D eigenvalue weighted by Gasteiger charge is 2.19. The van der Waals surface area contributed by atoms with Crippen molar-refractivity contribution in [2.24, 2.45) is 0 Å². The zero-order valence-electron chi connectivity index (χ0n) is 18.8. The zero-order chi connectivity index (χ0) is 22.8. The van der Waals surface area contributed by atoms with E-state index in [9.17, 15) is 9.59 Å². The van der Waals surface area contributed by atoms with Gasteiger partial charge in [0.15, 0.2) is 0 Å². The molecule has 6 nitrogen and oxygen atoms in total. The predicted octanol–water partition coefficient (Wildman–Crippen LogP) is 5.24. The van der Waals surface area contributed by atoms with Crippen molar-refractivity contribution in [1.29, 1.82) is 0 Å². The van der Waals surface area contributed by atoms with Crippen molar-refractivity contribution < 1.29 is 19.8 Å². The third-order valence-electron chi connectivity index (χ3n) is 4.76. The molecule has 0 heterocycles. The first-order chi connectivity index (χ1) is 14.1. The summed E-state index contributed by atoms with van der Waals surface area (Å²) in [6.45, 7) is 13.9. The van der Waals surface area contributed by atoms with Crippen LogP contribution in [-0.2, 0) is 0 Å². The van der Waals surface area contributed by atoms with Crippen LogP contribution in [0.5, 0.6) is 0 Å². The maximum Gasteiger partial charge on any atom is 0.337 e. The van der Waals surface area contributed by atoms with E-state index >= 15 is 0 Å². The molecule has 0 aliphatic heterocycles. The summed E-state index contributed by atoms with van der Waals surface area (Å²) in [4.78, 5) is 26.2. The van der Waals surface area contributed by atoms with Crippen molar-refractivity contribution >= 4 is 23.3 Å². The quantitative estimate of drug-likeness (QED) is 0.615. The Bertz CT molecular complexity index is 821. The van der Waals surface area contributed by atoms with Crippen LogP contribution < -0.4 is 9.80 Å². The maximum atomic E-state index is 11.1. The van der Waals surface area contributed by atoms with E-state index in [2.05, 4.69) is 32.6 Å². The van der Waals surface area contributed by atoms with Gasteiger partial charge in [-0.05, 0) is 65.8 Å². The summed E-state index contributed by atoms with van der Waals surface area (Å²) in [6.07, 6.45) is 0. The van der Waals surface area contributed by atoms with Crippen molar-refractivity contribution in [1.82, 2.24) is 0 Å². The summed E-state index contributed by atoms with van der Waals surface area (Å²) in [5, 5.41) is 18.1. The van der Waals surface area contributed by atoms with Crippen molar-refractivity contribution in [3.63, 3.8) is 0 Å². The highest BCUT2D eigenvalue weighted by atomic mass is 16.4. The number of aromatic carboxylic acids is 2. The van der Waals surface area contributed by atoms with E-state index in [4.69, 9.17) is 10.2 Å². The molecule has 2 aromatic carbocycles. The van der Waals surface area contributed by atoms with E-state index in [1.54, 1.807) is 24.3 Å². The topological polar surface area (TPSA) is 81.1 Å². The number of carbonyl (C=O) groups is 2. The lowest BCUT2D eigenvalue weighted by Crippen LogP contribution is -2.38. The summed E-state index contributed by atoms with van der Waals surface area (Å²) >= 11 is 0. The van der Waals surface area contributed by atoms with Crippen LogP contribution in [0.2, 0.25) is 0 Å². The van der Waals surface area contributed by atoms with Crippen LogP contribution in [0, 0.1) is 0 Å². The zero-order valence-corrected chi connectivity index (χ0v) is 18.8. The molecule has 0 amide bonds. The second kappa shape index (κ2) is 11.9. The minimum Gasteiger partial charge on any atom is -0.478 e. The summed E-state index contributed by atoms with van der Waals surface area (Å²) < 4.78 is 0. The van der Waals surface area contributed by atoms with Crippen molar-refractivity contribution in [3.05, 3.63) is 59.7 Å². The highest BCUT2D eigenvalue weighted by Crippen LogP contribution is 2.24. The van der Waals surface area contributed by atoms with E-state index < -0.39 is 11.9 Å². The molecule has 2 aromatic rings. The van der Waals surface area contributed by atoms with E-state index in [0.29, 0.717) is 11.1 Å². The molecule has 0 saturated carbocycles. The minimum atomic E-state index is -0.873. The Balaban J connectivity index is 0.000000303. The minimum absolute atomic E-state index is 0.278. The number of nitrogens with zero attached hydrogens (tertiary/aromatic N) is 2. The molecule has 0 bridgehead atoms. The summed E-state index contributed by atoms with van der Waals surface area (Å²) in [6, 6.07) is 14.8. The van der Waals surface area contributed by atoms with Gasteiger partial charge >= 0.3 is 11.9 Å². The molecule has 0 radical (unpaired) electrons. The predicted molar refractivity (Wildman–Crippen MR) is 123 cm³/mol. The Morgan fingerprint density at radius 2 is 1.10 bits per heavy atom. The number of anilines is 2. The first-order valence-electron chi connectivity index (χ1n) is 10.3. The van der Waals surface area contributed by atoms with Crippen molar-refractivity contribution in [3.8, 4) is 0 Å². The van der Waals surface area contributed by atoms with Gasteiger partial charge in [-0.3, -0.25) is 0 Å². The maximum absolute atomic E-state index is 11.1. The molecule has 2 N–H and O–H groups in total. The smallest absolute Gasteiger partial charge is 0.337 e. The third kappa shape index (κ3) is 6.51. The number of hydrogen-bond donors (Lipinski definition) is 2. The summed E-state index contributed by atoms with van der Waals surface area (Å²) in [5.41, 5.74) is 2.33. The molecule has 164 valence electrons. The molecule has 0 saturated heterocycles. The van der Waals surface area contributed by atoms with Crippen LogP contribution in [0.1, 0.15) is 62.3 Å². The molecule has 30 heavy (non-hydrogen) atoms. The van der Waals surface area contributed by atoms with Gasteiger partial charge < -0.3 is 20.0 Å². The Morgan fingerprint density at radius 3 is 1.47 bits per heavy atom. The highest BCUT2D eigenvalue weighted by molar-refractivity contribution is 5.95. The first-order valence-corrected chi connectivity index (χ1v) is 10.3. The second-order valence-corrected chi connectivity index (χ2v) is 7.41. The monoisotopic (exact) mass is 414 g/mol. The molecule has 2 rings (SSSR count). The molecule has 0 unspecified atom stereocenters. The van der Waals surface area contributed by atoms with Crippen molar-refractivity contribution in [2.75, 3.05) is 22.9 Å². The molecule has 0 aromatic heterocycles. The van der Waals surface area contributed by atoms with Gasteiger partial charge in [-0.25, -0.2) is 9.59 Å². The van der Waals surface area contributed by atoms with Gasteiger partial charge in [-0.15, -0.1) is 0 Å². The number of benzene rings is 2. The standard InChI is InChI=1S/C13H19NO2.C11H15NO2/c1-9(2)14(10(3)4)12-8-6-5-7-11(12)13(15)16;1-3-12(4-2)10-8-6-5-7-9(10)11(13)14/h5-10H,1-4H3,(H,15,16);5-8H,3-4H2,1-2H3,(H,13,14). The third-order valence-corrected chi connectivity index (χ3v) is 4.76. The molecule has 6 heteroatoms. The van der Waals surface area contributed by atoms with E-state index in [1.165, 1.54) is 0 Å². The van der Waals surface area contributed by atoms with Crippen LogP contribution in [-0.4, -0.2) is 47.3 Å². The van der Waals surface area contributed by atoms with Gasteiger partial charge in [-0.2, -0.15) is 0 Å². The molecular formula is C24H34N2O4. The van der Waals surface area contributed by atoms with E-state index in [1.807, 2.05) is 43.0 Å². The number of carboxylic acids is 2. The lowest BCUT2D eigenvalue weighted by atomic mass is 10.1. The van der Waals surface area contributed by atoms with Crippen LogP contribution in [0.4, 0.5) is 11.4 Å². The van der Waals surface area contributed by atoms with Gasteiger partial charge in [0.2, 0.25) is 0 Å². The Labute approximate surface area is 179 Å². The fraction of sp³-hybridized carbons (Fsp3) is 0.417. The average molecular weight is 415 g/mol. The van der Waals surface area contributed by atoms with E-state index in [-0.39, 0.29) is 12.1 Å². The second-order valence-electron chi connectivity index (χ2n) is 7.41. The van der Waals surface area contributed by atoms with Crippen LogP contribution >= 0.6 is 0 Å². The first kappa shape index (κ1) is 25.0. The lowest BCUT2D eigenvalue weighted by molar-refractivity contribution is 0.0686. The number of hydrogen-bond acceptors (Lipinski definition) is 4. The lowest BCUT2D eigenvalue weighted by Gasteiger charge is -2.34. The Kier molecular flexibility index (Phi) is 9.89. The molecule has 0 fully saturated rings. The average Bonchev–Trinajstić information content (AvgIpc) is 2.69. The summed E-state index contributed by atoms with van der Waals surface area (Å²) in [5.74, 6) is -1.74. The van der Waals surface area contributed by atoms with Crippen LogP contribution in [0.15, 0.2) is 48.5 Å². The normalized spacial score (nSPS) is 10.4. The van der Waals surface area contributed by atoms with Gasteiger partial charge in [0.1, 0.15) is 0 Å². The fourth-order valence-electron chi connectivity index (χ4n) is 3.53. The van der Waals surface area contributed by atoms with Crippen LogP contribution in [0.25, 0.3) is 0 Å². The van der Waals surface area contributed by atoms with Gasteiger partial charge in [0.25, 0.3) is 0 Å². The van der Waals surface area contributed by atoms with Crippen LogP contribution in [0.3, 0.4) is 0 Å². The SMILES string of the molecule is CC(C)N(c1ccccc1C(=O)O)C(C)C.CCN(CC)c1ccccc1C(=O)O. The molecule has 0 spiro atoms. The molecule has 0 aliphatic carbocycles. The van der Waals surface area contributed by atoms with Crippen molar-refractivity contribution in [2.45, 2.75) is 53.6 Å². The fourth-order valence-corrected chi connectivity index (χ4v) is 3.53. The Morgan fingerprint density at radius 1 is 0.733 bits per heavy atom. The molecular weight excluding hydrogens is 380 g/mol. The van der Waals surface area contributed by atoms with Gasteiger partial charge in [0, 0.05) is 25.2 Å². The molecule has 0 atom stereocenters. The number of rotatable bonds is 8. The number of para-hydroxylation sites is 2. The Hall–Kier alpha value is -3.02.